The number of amides is 1. The number of aromatic nitrogens is 2. The molecule has 9 heteroatoms. The van der Waals surface area contributed by atoms with Gasteiger partial charge in [0.1, 0.15) is 6.61 Å². The molecule has 8 nitrogen and oxygen atoms in total. The van der Waals surface area contributed by atoms with Crippen molar-refractivity contribution in [1.82, 2.24) is 19.4 Å². The molecule has 1 aromatic heterocycles. The molecule has 1 spiro atoms. The Kier molecular flexibility index (Phi) is 5.51. The Balaban J connectivity index is 1.13. The van der Waals surface area contributed by atoms with E-state index in [0.717, 1.165) is 35.2 Å². The SMILES string of the molecule is O=C1COC2(CCN(S(=O)(=O)c3ccc(-c4ccc(-c5ccn[nH]5)cc4)cc3)CC2)CN1C1CC1. The van der Waals surface area contributed by atoms with Gasteiger partial charge < -0.3 is 9.64 Å². The van der Waals surface area contributed by atoms with Crippen LogP contribution in [0.2, 0.25) is 0 Å². The van der Waals surface area contributed by atoms with Crippen molar-refractivity contribution >= 4 is 15.9 Å². The Morgan fingerprint density at radius 3 is 2.14 bits per heavy atom. The maximum atomic E-state index is 13.3. The van der Waals surface area contributed by atoms with Crippen LogP contribution in [-0.4, -0.2) is 71.6 Å². The lowest BCUT2D eigenvalue weighted by atomic mass is 9.90. The molecule has 35 heavy (non-hydrogen) atoms. The van der Waals surface area contributed by atoms with E-state index in [0.29, 0.717) is 43.4 Å². The fourth-order valence-corrected chi connectivity index (χ4v) is 6.57. The summed E-state index contributed by atoms with van der Waals surface area (Å²) in [6.07, 6.45) is 5.04. The maximum Gasteiger partial charge on any atom is 0.248 e. The predicted molar refractivity (Wildman–Crippen MR) is 131 cm³/mol. The summed E-state index contributed by atoms with van der Waals surface area (Å²) >= 11 is 0. The molecule has 3 fully saturated rings. The maximum absolute atomic E-state index is 13.3. The molecular formula is C26H28N4O4S. The lowest BCUT2D eigenvalue weighted by Crippen LogP contribution is -2.59. The number of carbonyl (C=O) groups is 1. The summed E-state index contributed by atoms with van der Waals surface area (Å²) in [5.74, 6) is 0.0595. The lowest BCUT2D eigenvalue weighted by molar-refractivity contribution is -0.170. The summed E-state index contributed by atoms with van der Waals surface area (Å²) in [6, 6.07) is 17.4. The van der Waals surface area contributed by atoms with Gasteiger partial charge in [-0.15, -0.1) is 0 Å². The van der Waals surface area contributed by atoms with E-state index in [9.17, 15) is 13.2 Å². The standard InChI is InChI=1S/C26H28N4O4S/c31-25-17-34-26(18-30(25)22-7-8-22)12-15-29(16-13-26)35(32,33)23-9-5-20(6-10-23)19-1-3-21(4-2-19)24-11-14-27-28-24/h1-6,9-11,14,22H,7-8,12-13,15-18H2,(H,27,28). The quantitative estimate of drug-likeness (QED) is 0.590. The zero-order chi connectivity index (χ0) is 24.0. The third-order valence-electron chi connectivity index (χ3n) is 7.42. The van der Waals surface area contributed by atoms with Crippen LogP contribution in [0, 0.1) is 0 Å². The van der Waals surface area contributed by atoms with Crippen molar-refractivity contribution in [2.45, 2.75) is 42.2 Å². The van der Waals surface area contributed by atoms with Crippen LogP contribution < -0.4 is 0 Å². The summed E-state index contributed by atoms with van der Waals surface area (Å²) in [7, 11) is -3.59. The van der Waals surface area contributed by atoms with Crippen LogP contribution in [-0.2, 0) is 19.6 Å². The number of ether oxygens (including phenoxy) is 1. The number of nitrogens with one attached hydrogen (secondary N) is 1. The van der Waals surface area contributed by atoms with Crippen LogP contribution >= 0.6 is 0 Å². The molecule has 3 heterocycles. The molecule has 1 saturated carbocycles. The molecule has 0 bridgehead atoms. The second-order valence-corrected chi connectivity index (χ2v) is 11.6. The minimum atomic E-state index is -3.59. The van der Waals surface area contributed by atoms with E-state index >= 15 is 0 Å². The Labute approximate surface area is 204 Å². The highest BCUT2D eigenvalue weighted by molar-refractivity contribution is 7.89. The minimum absolute atomic E-state index is 0.0595. The number of H-pyrrole nitrogens is 1. The zero-order valence-corrected chi connectivity index (χ0v) is 20.2. The number of hydrogen-bond acceptors (Lipinski definition) is 5. The van der Waals surface area contributed by atoms with Gasteiger partial charge in [0.15, 0.2) is 0 Å². The van der Waals surface area contributed by atoms with Gasteiger partial charge in [0.25, 0.3) is 0 Å². The molecule has 1 amide bonds. The van der Waals surface area contributed by atoms with Crippen molar-refractivity contribution in [3.63, 3.8) is 0 Å². The highest BCUT2D eigenvalue weighted by atomic mass is 32.2. The summed E-state index contributed by atoms with van der Waals surface area (Å²) in [5, 5.41) is 6.93. The molecule has 1 N–H and O–H groups in total. The molecule has 182 valence electrons. The largest absolute Gasteiger partial charge is 0.363 e. The van der Waals surface area contributed by atoms with E-state index in [4.69, 9.17) is 4.74 Å². The first-order valence-corrected chi connectivity index (χ1v) is 13.5. The second-order valence-electron chi connectivity index (χ2n) is 9.70. The fourth-order valence-electron chi connectivity index (χ4n) is 5.12. The number of benzene rings is 2. The molecule has 6 rings (SSSR count). The van der Waals surface area contributed by atoms with Crippen molar-refractivity contribution in [1.29, 1.82) is 0 Å². The molecule has 0 unspecified atom stereocenters. The lowest BCUT2D eigenvalue weighted by Gasteiger charge is -2.46. The molecule has 3 aromatic rings. The van der Waals surface area contributed by atoms with Gasteiger partial charge in [-0.25, -0.2) is 8.42 Å². The van der Waals surface area contributed by atoms with Gasteiger partial charge in [-0.3, -0.25) is 9.89 Å². The Morgan fingerprint density at radius 1 is 0.914 bits per heavy atom. The van der Waals surface area contributed by atoms with E-state index in [2.05, 4.69) is 10.2 Å². The number of hydrogen-bond donors (Lipinski definition) is 1. The van der Waals surface area contributed by atoms with Crippen LogP contribution in [0.1, 0.15) is 25.7 Å². The van der Waals surface area contributed by atoms with Crippen LogP contribution in [0.5, 0.6) is 0 Å². The van der Waals surface area contributed by atoms with Crippen LogP contribution in [0.4, 0.5) is 0 Å². The van der Waals surface area contributed by atoms with Gasteiger partial charge >= 0.3 is 0 Å². The van der Waals surface area contributed by atoms with E-state index < -0.39 is 15.6 Å². The summed E-state index contributed by atoms with van der Waals surface area (Å²) in [6.45, 7) is 1.48. The highest BCUT2D eigenvalue weighted by Gasteiger charge is 2.47. The molecule has 0 atom stereocenters. The van der Waals surface area contributed by atoms with Crippen molar-refractivity contribution in [2.75, 3.05) is 26.2 Å². The van der Waals surface area contributed by atoms with Gasteiger partial charge in [0, 0.05) is 25.3 Å². The number of aromatic amines is 1. The molecule has 1 aliphatic carbocycles. The number of rotatable bonds is 5. The molecule has 2 saturated heterocycles. The zero-order valence-electron chi connectivity index (χ0n) is 19.4. The highest BCUT2D eigenvalue weighted by Crippen LogP contribution is 2.37. The number of nitrogens with zero attached hydrogens (tertiary/aromatic N) is 3. The first kappa shape index (κ1) is 22.5. The van der Waals surface area contributed by atoms with Gasteiger partial charge in [0.05, 0.1) is 22.7 Å². The average molecular weight is 493 g/mol. The van der Waals surface area contributed by atoms with E-state index in [-0.39, 0.29) is 12.5 Å². The van der Waals surface area contributed by atoms with Crippen molar-refractivity contribution in [2.24, 2.45) is 0 Å². The fraction of sp³-hybridized carbons (Fsp3) is 0.385. The van der Waals surface area contributed by atoms with Crippen LogP contribution in [0.15, 0.2) is 65.7 Å². The molecule has 3 aliphatic rings. The van der Waals surface area contributed by atoms with E-state index in [1.165, 1.54) is 0 Å². The van der Waals surface area contributed by atoms with E-state index in [1.54, 1.807) is 22.6 Å². The topological polar surface area (TPSA) is 95.6 Å². The third kappa shape index (κ3) is 4.28. The Morgan fingerprint density at radius 2 is 1.54 bits per heavy atom. The number of sulfonamides is 1. The normalized spacial score (nSPS) is 20.9. The molecule has 0 radical (unpaired) electrons. The van der Waals surface area contributed by atoms with Gasteiger partial charge in [-0.05, 0) is 60.6 Å². The number of carbonyl (C=O) groups excluding carboxylic acids is 1. The first-order chi connectivity index (χ1) is 16.9. The smallest absolute Gasteiger partial charge is 0.248 e. The van der Waals surface area contributed by atoms with Crippen molar-refractivity contribution < 1.29 is 17.9 Å². The van der Waals surface area contributed by atoms with Gasteiger partial charge in [-0.1, -0.05) is 36.4 Å². The van der Waals surface area contributed by atoms with Crippen LogP contribution in [0.3, 0.4) is 0 Å². The van der Waals surface area contributed by atoms with Gasteiger partial charge in [-0.2, -0.15) is 9.40 Å². The predicted octanol–water partition coefficient (Wildman–Crippen LogP) is 3.29. The molecule has 2 aliphatic heterocycles. The van der Waals surface area contributed by atoms with E-state index in [1.807, 2.05) is 47.4 Å². The monoisotopic (exact) mass is 492 g/mol. The molecule has 2 aromatic carbocycles. The summed E-state index contributed by atoms with van der Waals surface area (Å²) in [5.41, 5.74) is 3.54. The second kappa shape index (κ2) is 8.58. The van der Waals surface area contributed by atoms with Crippen molar-refractivity contribution in [3.8, 4) is 22.4 Å². The average Bonchev–Trinajstić information content (AvgIpc) is 3.59. The third-order valence-corrected chi connectivity index (χ3v) is 9.34. The van der Waals surface area contributed by atoms with Crippen molar-refractivity contribution in [3.05, 3.63) is 60.8 Å². The minimum Gasteiger partial charge on any atom is -0.363 e. The summed E-state index contributed by atoms with van der Waals surface area (Å²) < 4.78 is 34.2. The number of piperidine rings is 1. The van der Waals surface area contributed by atoms with Crippen LogP contribution in [0.25, 0.3) is 22.4 Å². The van der Waals surface area contributed by atoms with Gasteiger partial charge in [0.2, 0.25) is 15.9 Å². The Bertz CT molecular complexity index is 1310. The first-order valence-electron chi connectivity index (χ1n) is 12.1. The molecular weight excluding hydrogens is 464 g/mol. The number of morpholine rings is 1. The Hall–Kier alpha value is -3.01. The summed E-state index contributed by atoms with van der Waals surface area (Å²) in [4.78, 5) is 14.5.